The zero-order valence-corrected chi connectivity index (χ0v) is 11.0. The predicted octanol–water partition coefficient (Wildman–Crippen LogP) is 3.08. The van der Waals surface area contributed by atoms with E-state index < -0.39 is 29.2 Å². The van der Waals surface area contributed by atoms with Crippen molar-refractivity contribution in [3.8, 4) is 0 Å². The highest BCUT2D eigenvalue weighted by Crippen LogP contribution is 2.43. The number of benzene rings is 1. The van der Waals surface area contributed by atoms with Gasteiger partial charge >= 0.3 is 6.18 Å². The van der Waals surface area contributed by atoms with E-state index in [1.54, 1.807) is 0 Å². The van der Waals surface area contributed by atoms with E-state index in [1.807, 2.05) is 0 Å². The molecule has 0 amide bonds. The van der Waals surface area contributed by atoms with E-state index in [1.165, 1.54) is 19.1 Å². The Labute approximate surface area is 110 Å². The Morgan fingerprint density at radius 1 is 1.39 bits per heavy atom. The summed E-state index contributed by atoms with van der Waals surface area (Å²) in [6, 6.07) is 1.68. The maximum atomic E-state index is 13.8. The van der Waals surface area contributed by atoms with Crippen LogP contribution in [-0.4, -0.2) is 17.3 Å². The average Bonchev–Trinajstić information content (AvgIpc) is 2.29. The zero-order valence-electron chi connectivity index (χ0n) is 9.43. The fourth-order valence-corrected chi connectivity index (χ4v) is 2.02. The molecule has 0 saturated heterocycles. The molecule has 0 saturated carbocycles. The molecule has 0 aliphatic heterocycles. The van der Waals surface area contributed by atoms with E-state index in [2.05, 4.69) is 15.9 Å². The van der Waals surface area contributed by atoms with Crippen molar-refractivity contribution in [2.75, 3.05) is 0 Å². The van der Waals surface area contributed by atoms with Gasteiger partial charge in [0.2, 0.25) is 5.60 Å². The van der Waals surface area contributed by atoms with Gasteiger partial charge in [-0.1, -0.05) is 19.1 Å². The molecule has 0 spiro atoms. The van der Waals surface area contributed by atoms with Crippen LogP contribution in [0.1, 0.15) is 18.9 Å². The van der Waals surface area contributed by atoms with Crippen molar-refractivity contribution >= 4 is 15.9 Å². The van der Waals surface area contributed by atoms with Crippen LogP contribution in [0, 0.1) is 5.82 Å². The molecule has 2 nitrogen and oxygen atoms in total. The highest BCUT2D eigenvalue weighted by atomic mass is 79.9. The quantitative estimate of drug-likeness (QED) is 0.837. The second-order valence-corrected chi connectivity index (χ2v) is 4.73. The van der Waals surface area contributed by atoms with Gasteiger partial charge in [-0.25, -0.2) is 4.39 Å². The van der Waals surface area contributed by atoms with Crippen LogP contribution in [0.15, 0.2) is 22.7 Å². The summed E-state index contributed by atoms with van der Waals surface area (Å²) < 4.78 is 52.7. The molecule has 102 valence electrons. The minimum atomic E-state index is -5.07. The molecule has 7 heteroatoms. The molecular formula is C11H12BrF4NO. The minimum Gasteiger partial charge on any atom is -0.375 e. The maximum Gasteiger partial charge on any atom is 0.423 e. The van der Waals surface area contributed by atoms with Gasteiger partial charge in [0.1, 0.15) is 5.82 Å². The van der Waals surface area contributed by atoms with E-state index in [0.717, 1.165) is 6.07 Å². The lowest BCUT2D eigenvalue weighted by molar-refractivity contribution is -0.275. The molecule has 2 unspecified atom stereocenters. The van der Waals surface area contributed by atoms with Gasteiger partial charge < -0.3 is 10.8 Å². The van der Waals surface area contributed by atoms with E-state index in [-0.39, 0.29) is 10.9 Å². The lowest BCUT2D eigenvalue weighted by Gasteiger charge is -2.35. The van der Waals surface area contributed by atoms with Crippen molar-refractivity contribution in [3.05, 3.63) is 34.1 Å². The Morgan fingerprint density at radius 3 is 2.39 bits per heavy atom. The molecule has 18 heavy (non-hydrogen) atoms. The number of alkyl halides is 3. The summed E-state index contributed by atoms with van der Waals surface area (Å²) in [4.78, 5) is 0. The fraction of sp³-hybridized carbons (Fsp3) is 0.455. The fourth-order valence-electron chi connectivity index (χ4n) is 1.66. The highest BCUT2D eigenvalue weighted by molar-refractivity contribution is 9.10. The average molecular weight is 330 g/mol. The van der Waals surface area contributed by atoms with E-state index in [9.17, 15) is 22.7 Å². The Kier molecular flexibility index (Phi) is 4.40. The van der Waals surface area contributed by atoms with Gasteiger partial charge in [0.25, 0.3) is 0 Å². The lowest BCUT2D eigenvalue weighted by atomic mass is 9.84. The van der Waals surface area contributed by atoms with Crippen LogP contribution in [0.4, 0.5) is 17.6 Å². The van der Waals surface area contributed by atoms with Crippen LogP contribution < -0.4 is 5.73 Å². The first-order valence-corrected chi connectivity index (χ1v) is 5.94. The monoisotopic (exact) mass is 329 g/mol. The molecule has 1 rings (SSSR count). The molecule has 3 N–H and O–H groups in total. The van der Waals surface area contributed by atoms with E-state index >= 15 is 0 Å². The summed E-state index contributed by atoms with van der Waals surface area (Å²) in [5, 5.41) is 9.88. The first kappa shape index (κ1) is 15.4. The normalized spacial score (nSPS) is 17.3. The van der Waals surface area contributed by atoms with Crippen molar-refractivity contribution in [2.24, 2.45) is 5.73 Å². The van der Waals surface area contributed by atoms with Crippen LogP contribution in [0.25, 0.3) is 0 Å². The van der Waals surface area contributed by atoms with Gasteiger partial charge in [0, 0.05) is 11.6 Å². The SMILES string of the molecule is CCC(N)C(O)(c1cccc(Br)c1F)C(F)(F)F. The number of nitrogens with two attached hydrogens (primary N) is 1. The van der Waals surface area contributed by atoms with Gasteiger partial charge in [0.05, 0.1) is 4.47 Å². The molecule has 0 aliphatic rings. The van der Waals surface area contributed by atoms with Gasteiger partial charge in [-0.05, 0) is 28.4 Å². The summed E-state index contributed by atoms with van der Waals surface area (Å²) in [5.41, 5.74) is 1.05. The number of rotatable bonds is 3. The predicted molar refractivity (Wildman–Crippen MR) is 62.3 cm³/mol. The van der Waals surface area contributed by atoms with Gasteiger partial charge in [0.15, 0.2) is 0 Å². The second-order valence-electron chi connectivity index (χ2n) is 3.88. The van der Waals surface area contributed by atoms with Crippen molar-refractivity contribution in [1.29, 1.82) is 0 Å². The Balaban J connectivity index is 3.50. The first-order valence-electron chi connectivity index (χ1n) is 5.15. The lowest BCUT2D eigenvalue weighted by Crippen LogP contribution is -2.55. The Bertz CT molecular complexity index is 438. The van der Waals surface area contributed by atoms with Gasteiger partial charge in [-0.2, -0.15) is 13.2 Å². The molecule has 0 bridgehead atoms. The van der Waals surface area contributed by atoms with Crippen molar-refractivity contribution < 1.29 is 22.7 Å². The standard InChI is InChI=1S/C11H12BrF4NO/c1-2-8(17)10(18,11(14,15)16)6-4-3-5-7(12)9(6)13/h3-5,8,18H,2,17H2,1H3. The number of halogens is 5. The molecule has 1 aromatic rings. The Hall–Kier alpha value is -0.660. The smallest absolute Gasteiger partial charge is 0.375 e. The van der Waals surface area contributed by atoms with Crippen LogP contribution in [0.5, 0.6) is 0 Å². The largest absolute Gasteiger partial charge is 0.423 e. The Morgan fingerprint density at radius 2 is 1.94 bits per heavy atom. The highest BCUT2D eigenvalue weighted by Gasteiger charge is 2.59. The number of hydrogen-bond acceptors (Lipinski definition) is 2. The summed E-state index contributed by atoms with van der Waals surface area (Å²) in [6.07, 6.45) is -5.22. The van der Waals surface area contributed by atoms with Crippen molar-refractivity contribution in [1.82, 2.24) is 0 Å². The summed E-state index contributed by atoms with van der Waals surface area (Å²) in [7, 11) is 0. The zero-order chi connectivity index (χ0) is 14.1. The topological polar surface area (TPSA) is 46.2 Å². The van der Waals surface area contributed by atoms with Crippen LogP contribution in [-0.2, 0) is 5.60 Å². The van der Waals surface area contributed by atoms with Gasteiger partial charge in [-0.3, -0.25) is 0 Å². The molecule has 1 aromatic carbocycles. The molecule has 0 radical (unpaired) electrons. The van der Waals surface area contributed by atoms with E-state index in [0.29, 0.717) is 0 Å². The number of hydrogen-bond donors (Lipinski definition) is 2. The second kappa shape index (κ2) is 5.14. The third-order valence-corrected chi connectivity index (χ3v) is 3.38. The third-order valence-electron chi connectivity index (χ3n) is 2.77. The van der Waals surface area contributed by atoms with Gasteiger partial charge in [-0.15, -0.1) is 0 Å². The summed E-state index contributed by atoms with van der Waals surface area (Å²) >= 11 is 2.78. The molecule has 2 atom stereocenters. The van der Waals surface area contributed by atoms with Crippen LogP contribution in [0.2, 0.25) is 0 Å². The summed E-state index contributed by atoms with van der Waals surface area (Å²) in [5.74, 6) is -1.17. The molecular weight excluding hydrogens is 318 g/mol. The summed E-state index contributed by atoms with van der Waals surface area (Å²) in [6.45, 7) is 1.39. The minimum absolute atomic E-state index is 0.151. The van der Waals surface area contributed by atoms with Crippen molar-refractivity contribution in [3.63, 3.8) is 0 Å². The number of aliphatic hydroxyl groups is 1. The first-order chi connectivity index (χ1) is 8.16. The molecule has 0 heterocycles. The van der Waals surface area contributed by atoms with Crippen molar-refractivity contribution in [2.45, 2.75) is 31.2 Å². The van der Waals surface area contributed by atoms with Crippen LogP contribution in [0.3, 0.4) is 0 Å². The molecule has 0 fully saturated rings. The third kappa shape index (κ3) is 2.39. The van der Waals surface area contributed by atoms with Crippen LogP contribution >= 0.6 is 15.9 Å². The molecule has 0 aliphatic carbocycles. The molecule has 0 aromatic heterocycles. The maximum absolute atomic E-state index is 13.8. The van der Waals surface area contributed by atoms with E-state index in [4.69, 9.17) is 5.73 Å².